The molecule has 5 heteroatoms. The Morgan fingerprint density at radius 2 is 2.04 bits per heavy atom. The minimum atomic E-state index is -0.257. The number of hydrogen-bond acceptors (Lipinski definition) is 3. The first-order valence-corrected chi connectivity index (χ1v) is 9.48. The van der Waals surface area contributed by atoms with E-state index in [1.807, 2.05) is 48.1 Å². The van der Waals surface area contributed by atoms with Crippen LogP contribution in [0.15, 0.2) is 48.8 Å². The molecule has 2 aromatic heterocycles. The van der Waals surface area contributed by atoms with Crippen LogP contribution in [0, 0.1) is 0 Å². The lowest BCUT2D eigenvalue weighted by Gasteiger charge is -2.18. The molecule has 0 bridgehead atoms. The Balaban J connectivity index is 1.63. The minimum absolute atomic E-state index is 0.0174. The molecule has 1 atom stereocenters. The maximum atomic E-state index is 12.9. The number of imidazole rings is 1. The van der Waals surface area contributed by atoms with Crippen molar-refractivity contribution >= 4 is 17.2 Å². The van der Waals surface area contributed by atoms with Gasteiger partial charge in [0.05, 0.1) is 4.88 Å². The first-order chi connectivity index (χ1) is 12.2. The third-order valence-corrected chi connectivity index (χ3v) is 5.98. The van der Waals surface area contributed by atoms with Gasteiger partial charge in [-0.1, -0.05) is 30.3 Å². The largest absolute Gasteiger partial charge is 0.337 e. The van der Waals surface area contributed by atoms with E-state index in [4.69, 9.17) is 0 Å². The molecule has 0 spiro atoms. The van der Waals surface area contributed by atoms with Crippen LogP contribution in [-0.4, -0.2) is 15.5 Å². The molecule has 1 aromatic carbocycles. The van der Waals surface area contributed by atoms with E-state index < -0.39 is 0 Å². The molecule has 4 rings (SSSR count). The van der Waals surface area contributed by atoms with Crippen molar-refractivity contribution in [1.29, 1.82) is 0 Å². The smallest absolute Gasteiger partial charge is 0.262 e. The topological polar surface area (TPSA) is 46.9 Å². The molecular weight excluding hydrogens is 330 g/mol. The Kier molecular flexibility index (Phi) is 4.40. The number of carbonyl (C=O) groups is 1. The van der Waals surface area contributed by atoms with Crippen LogP contribution in [0.1, 0.15) is 50.4 Å². The lowest BCUT2D eigenvalue weighted by molar-refractivity contribution is 0.0945. The Morgan fingerprint density at radius 3 is 2.76 bits per heavy atom. The summed E-state index contributed by atoms with van der Waals surface area (Å²) >= 11 is 1.64. The van der Waals surface area contributed by atoms with Crippen molar-refractivity contribution in [3.63, 3.8) is 0 Å². The number of aromatic nitrogens is 2. The van der Waals surface area contributed by atoms with Crippen LogP contribution in [0.2, 0.25) is 0 Å². The van der Waals surface area contributed by atoms with Gasteiger partial charge >= 0.3 is 0 Å². The molecule has 25 heavy (non-hydrogen) atoms. The first-order valence-electron chi connectivity index (χ1n) is 8.67. The van der Waals surface area contributed by atoms with Crippen molar-refractivity contribution in [2.75, 3.05) is 0 Å². The van der Waals surface area contributed by atoms with Gasteiger partial charge in [-0.15, -0.1) is 11.3 Å². The van der Waals surface area contributed by atoms with Gasteiger partial charge in [-0.2, -0.15) is 0 Å². The summed E-state index contributed by atoms with van der Waals surface area (Å²) in [5.41, 5.74) is 2.39. The minimum Gasteiger partial charge on any atom is -0.337 e. The third-order valence-electron chi connectivity index (χ3n) is 4.75. The highest BCUT2D eigenvalue weighted by molar-refractivity contribution is 7.14. The van der Waals surface area contributed by atoms with E-state index in [2.05, 4.69) is 16.4 Å². The molecule has 0 unspecified atom stereocenters. The van der Waals surface area contributed by atoms with Gasteiger partial charge in [0.2, 0.25) is 0 Å². The van der Waals surface area contributed by atoms with Crippen molar-refractivity contribution in [3.05, 3.63) is 75.5 Å². The quantitative estimate of drug-likeness (QED) is 0.775. The maximum Gasteiger partial charge on any atom is 0.262 e. The van der Waals surface area contributed by atoms with Crippen LogP contribution in [-0.2, 0) is 19.9 Å². The maximum absolute atomic E-state index is 12.9. The van der Waals surface area contributed by atoms with E-state index in [0.29, 0.717) is 0 Å². The number of thiophene rings is 1. The monoisotopic (exact) mass is 351 g/mol. The Morgan fingerprint density at radius 1 is 1.24 bits per heavy atom. The van der Waals surface area contributed by atoms with Crippen LogP contribution < -0.4 is 5.32 Å². The molecule has 0 aliphatic heterocycles. The standard InChI is InChI=1S/C20H21N3OS/c1-23-12-11-21-19(23)18(14-7-3-2-4-8-14)22-20(24)17-13-15-9-5-6-10-16(15)25-17/h2-4,7-8,11-13,18H,5-6,9-10H2,1H3,(H,22,24)/t18-/m0/s1. The predicted octanol–water partition coefficient (Wildman–Crippen LogP) is 3.88. The van der Waals surface area contributed by atoms with Crippen LogP contribution in [0.25, 0.3) is 0 Å². The van der Waals surface area contributed by atoms with Gasteiger partial charge in [0.25, 0.3) is 5.91 Å². The number of nitrogens with zero attached hydrogens (tertiary/aromatic N) is 2. The second-order valence-electron chi connectivity index (χ2n) is 6.48. The summed E-state index contributed by atoms with van der Waals surface area (Å²) in [7, 11) is 1.95. The number of rotatable bonds is 4. The van der Waals surface area contributed by atoms with Crippen LogP contribution in [0.4, 0.5) is 0 Å². The van der Waals surface area contributed by atoms with Crippen molar-refractivity contribution < 1.29 is 4.79 Å². The molecule has 0 saturated carbocycles. The lowest BCUT2D eigenvalue weighted by atomic mass is 9.99. The molecule has 2 heterocycles. The SMILES string of the molecule is Cn1ccnc1[C@@H](NC(=O)c1cc2c(s1)CCCC2)c1ccccc1. The number of hydrogen-bond donors (Lipinski definition) is 1. The highest BCUT2D eigenvalue weighted by Crippen LogP contribution is 2.30. The summed E-state index contributed by atoms with van der Waals surface area (Å²) in [5.74, 6) is 0.817. The van der Waals surface area contributed by atoms with Crippen LogP contribution in [0.5, 0.6) is 0 Å². The van der Waals surface area contributed by atoms with Gasteiger partial charge in [-0.3, -0.25) is 4.79 Å². The molecule has 0 saturated heterocycles. The van der Waals surface area contributed by atoms with E-state index in [1.165, 1.54) is 23.3 Å². The Bertz CT molecular complexity index is 858. The second kappa shape index (κ2) is 6.84. The van der Waals surface area contributed by atoms with Gasteiger partial charge in [0.15, 0.2) is 0 Å². The molecule has 1 N–H and O–H groups in total. The van der Waals surface area contributed by atoms with E-state index in [9.17, 15) is 4.79 Å². The van der Waals surface area contributed by atoms with Crippen molar-refractivity contribution in [3.8, 4) is 0 Å². The second-order valence-corrected chi connectivity index (χ2v) is 7.62. The fourth-order valence-corrected chi connectivity index (χ4v) is 4.56. The summed E-state index contributed by atoms with van der Waals surface area (Å²) < 4.78 is 1.96. The molecule has 1 amide bonds. The molecule has 0 radical (unpaired) electrons. The van der Waals surface area contributed by atoms with E-state index in [0.717, 1.165) is 29.1 Å². The zero-order chi connectivity index (χ0) is 17.2. The molecule has 3 aromatic rings. The number of carbonyl (C=O) groups excluding carboxylic acids is 1. The van der Waals surface area contributed by atoms with Crippen LogP contribution in [0.3, 0.4) is 0 Å². The number of fused-ring (bicyclic) bond motifs is 1. The summed E-state index contributed by atoms with van der Waals surface area (Å²) in [5, 5.41) is 3.19. The van der Waals surface area contributed by atoms with Gasteiger partial charge in [0, 0.05) is 24.3 Å². The zero-order valence-corrected chi connectivity index (χ0v) is 15.1. The first kappa shape index (κ1) is 16.1. The molecule has 1 aliphatic carbocycles. The van der Waals surface area contributed by atoms with Crippen LogP contribution >= 0.6 is 11.3 Å². The van der Waals surface area contributed by atoms with Crippen molar-refractivity contribution in [1.82, 2.24) is 14.9 Å². The molecular formula is C20H21N3OS. The Hall–Kier alpha value is -2.40. The normalized spacial score (nSPS) is 14.8. The van der Waals surface area contributed by atoms with E-state index in [-0.39, 0.29) is 11.9 Å². The molecule has 4 nitrogen and oxygen atoms in total. The number of nitrogens with one attached hydrogen (secondary N) is 1. The molecule has 128 valence electrons. The zero-order valence-electron chi connectivity index (χ0n) is 14.2. The summed E-state index contributed by atoms with van der Waals surface area (Å²) in [4.78, 5) is 19.6. The van der Waals surface area contributed by atoms with E-state index >= 15 is 0 Å². The average Bonchev–Trinajstić information content (AvgIpc) is 3.26. The molecule has 0 fully saturated rings. The number of aryl methyl sites for hydroxylation is 3. The van der Waals surface area contributed by atoms with E-state index in [1.54, 1.807) is 17.5 Å². The average molecular weight is 351 g/mol. The number of benzene rings is 1. The van der Waals surface area contributed by atoms with Crippen molar-refractivity contribution in [2.45, 2.75) is 31.7 Å². The third kappa shape index (κ3) is 3.24. The predicted molar refractivity (Wildman–Crippen MR) is 99.9 cm³/mol. The highest BCUT2D eigenvalue weighted by atomic mass is 32.1. The van der Waals surface area contributed by atoms with Gasteiger partial charge in [-0.25, -0.2) is 4.98 Å². The Labute approximate surface area is 151 Å². The fourth-order valence-electron chi connectivity index (χ4n) is 3.40. The molecule has 1 aliphatic rings. The summed E-state index contributed by atoms with van der Waals surface area (Å²) in [6.07, 6.45) is 8.33. The number of amides is 1. The fraction of sp³-hybridized carbons (Fsp3) is 0.300. The summed E-state index contributed by atoms with van der Waals surface area (Å²) in [6.45, 7) is 0. The lowest BCUT2D eigenvalue weighted by Crippen LogP contribution is -2.30. The van der Waals surface area contributed by atoms with Gasteiger partial charge in [0.1, 0.15) is 11.9 Å². The summed E-state index contributed by atoms with van der Waals surface area (Å²) in [6, 6.07) is 11.8. The highest BCUT2D eigenvalue weighted by Gasteiger charge is 2.23. The van der Waals surface area contributed by atoms with Crippen molar-refractivity contribution in [2.24, 2.45) is 7.05 Å². The van der Waals surface area contributed by atoms with Gasteiger partial charge < -0.3 is 9.88 Å². The van der Waals surface area contributed by atoms with Gasteiger partial charge in [-0.05, 0) is 42.9 Å².